The highest BCUT2D eigenvalue weighted by Gasteiger charge is 2.19. The lowest BCUT2D eigenvalue weighted by Gasteiger charge is -2.21. The molecule has 2 aromatic carbocycles. The van der Waals surface area contributed by atoms with E-state index in [1.807, 2.05) is 26.1 Å². The first-order chi connectivity index (χ1) is 9.96. The number of rotatable bonds is 4. The molecule has 0 aliphatic rings. The Morgan fingerprint density at radius 3 is 2.43 bits per heavy atom. The van der Waals surface area contributed by atoms with Crippen LogP contribution in [0, 0.1) is 12.7 Å². The number of hydrogen-bond acceptors (Lipinski definition) is 2. The van der Waals surface area contributed by atoms with Crippen molar-refractivity contribution < 1.29 is 9.13 Å². The van der Waals surface area contributed by atoms with Crippen LogP contribution in [0.5, 0.6) is 5.75 Å². The van der Waals surface area contributed by atoms with Gasteiger partial charge in [0, 0.05) is 16.1 Å². The number of hydrogen-bond donors (Lipinski definition) is 1. The number of ether oxygens (including phenoxy) is 1. The zero-order chi connectivity index (χ0) is 15.6. The molecular weight excluding hydrogens is 401 g/mol. The Hall–Kier alpha value is -0.910. The third kappa shape index (κ3) is 3.65. The van der Waals surface area contributed by atoms with Crippen molar-refractivity contribution >= 4 is 31.9 Å². The average Bonchev–Trinajstić information content (AvgIpc) is 2.42. The second-order valence-electron chi connectivity index (χ2n) is 4.79. The van der Waals surface area contributed by atoms with Gasteiger partial charge < -0.3 is 10.1 Å². The molecule has 1 atom stereocenters. The minimum absolute atomic E-state index is 0.0898. The fourth-order valence-electron chi connectivity index (χ4n) is 2.38. The molecule has 1 unspecified atom stereocenters. The highest BCUT2D eigenvalue weighted by molar-refractivity contribution is 9.10. The molecule has 21 heavy (non-hydrogen) atoms. The van der Waals surface area contributed by atoms with Crippen LogP contribution in [0.25, 0.3) is 0 Å². The summed E-state index contributed by atoms with van der Waals surface area (Å²) in [6.45, 7) is 2.04. The van der Waals surface area contributed by atoms with Gasteiger partial charge >= 0.3 is 0 Å². The average molecular weight is 417 g/mol. The van der Waals surface area contributed by atoms with Crippen LogP contribution in [0.15, 0.2) is 39.3 Å². The van der Waals surface area contributed by atoms with Gasteiger partial charge in [-0.2, -0.15) is 0 Å². The van der Waals surface area contributed by atoms with Crippen LogP contribution in [0.3, 0.4) is 0 Å². The number of methoxy groups -OCH3 is 1. The van der Waals surface area contributed by atoms with Gasteiger partial charge in [-0.3, -0.25) is 0 Å². The summed E-state index contributed by atoms with van der Waals surface area (Å²) in [5.74, 6) is 0.184. The summed E-state index contributed by atoms with van der Waals surface area (Å²) < 4.78 is 20.5. The minimum Gasteiger partial charge on any atom is -0.496 e. The second kappa shape index (κ2) is 6.90. The molecule has 0 aliphatic heterocycles. The zero-order valence-electron chi connectivity index (χ0n) is 12.0. The Balaban J connectivity index is 2.58. The van der Waals surface area contributed by atoms with Crippen LogP contribution < -0.4 is 10.1 Å². The van der Waals surface area contributed by atoms with Crippen molar-refractivity contribution in [2.75, 3.05) is 14.2 Å². The Labute approximate surface area is 141 Å². The van der Waals surface area contributed by atoms with Crippen molar-refractivity contribution in [2.24, 2.45) is 0 Å². The molecule has 0 saturated heterocycles. The van der Waals surface area contributed by atoms with Gasteiger partial charge in [0.2, 0.25) is 0 Å². The fraction of sp³-hybridized carbons (Fsp3) is 0.250. The highest BCUT2D eigenvalue weighted by atomic mass is 79.9. The van der Waals surface area contributed by atoms with E-state index in [2.05, 4.69) is 43.2 Å². The Kier molecular flexibility index (Phi) is 5.41. The third-order valence-corrected chi connectivity index (χ3v) is 4.34. The molecule has 0 amide bonds. The summed E-state index contributed by atoms with van der Waals surface area (Å²) in [7, 11) is 3.42. The van der Waals surface area contributed by atoms with Gasteiger partial charge in [-0.05, 0) is 59.2 Å². The summed E-state index contributed by atoms with van der Waals surface area (Å²) in [5, 5.41) is 3.27. The molecule has 0 fully saturated rings. The number of nitrogens with one attached hydrogen (secondary N) is 1. The van der Waals surface area contributed by atoms with Crippen molar-refractivity contribution in [3.63, 3.8) is 0 Å². The van der Waals surface area contributed by atoms with Gasteiger partial charge in [-0.25, -0.2) is 4.39 Å². The van der Waals surface area contributed by atoms with Gasteiger partial charge in [0.05, 0.1) is 17.6 Å². The number of aryl methyl sites for hydroxylation is 1. The summed E-state index contributed by atoms with van der Waals surface area (Å²) in [6.07, 6.45) is 0. The van der Waals surface area contributed by atoms with E-state index in [9.17, 15) is 4.39 Å². The van der Waals surface area contributed by atoms with Crippen LogP contribution in [-0.2, 0) is 0 Å². The van der Waals surface area contributed by atoms with Gasteiger partial charge in [-0.15, -0.1) is 0 Å². The van der Waals surface area contributed by atoms with Crippen molar-refractivity contribution in [1.29, 1.82) is 0 Å². The van der Waals surface area contributed by atoms with Crippen LogP contribution in [0.4, 0.5) is 4.39 Å². The third-order valence-electron chi connectivity index (χ3n) is 3.27. The van der Waals surface area contributed by atoms with Crippen molar-refractivity contribution in [1.82, 2.24) is 5.32 Å². The maximum atomic E-state index is 13.7. The van der Waals surface area contributed by atoms with E-state index in [1.54, 1.807) is 13.2 Å². The number of halogens is 3. The fourth-order valence-corrected chi connectivity index (χ4v) is 3.37. The molecule has 1 N–H and O–H groups in total. The molecule has 0 spiro atoms. The molecule has 2 aromatic rings. The normalized spacial score (nSPS) is 12.3. The molecule has 0 saturated carbocycles. The lowest BCUT2D eigenvalue weighted by Crippen LogP contribution is -2.19. The van der Waals surface area contributed by atoms with E-state index in [0.29, 0.717) is 10.2 Å². The summed E-state index contributed by atoms with van der Waals surface area (Å²) in [5.41, 5.74) is 3.12. The number of benzene rings is 2. The summed E-state index contributed by atoms with van der Waals surface area (Å²) >= 11 is 6.76. The molecule has 5 heteroatoms. The Morgan fingerprint density at radius 1 is 1.14 bits per heavy atom. The summed E-state index contributed by atoms with van der Waals surface area (Å²) in [6, 6.07) is 9.26. The molecule has 0 radical (unpaired) electrons. The predicted molar refractivity (Wildman–Crippen MR) is 90.4 cm³/mol. The molecule has 112 valence electrons. The first kappa shape index (κ1) is 16.5. The maximum Gasteiger partial charge on any atom is 0.141 e. The Morgan fingerprint density at radius 2 is 1.86 bits per heavy atom. The summed E-state index contributed by atoms with van der Waals surface area (Å²) in [4.78, 5) is 0. The van der Waals surface area contributed by atoms with Crippen LogP contribution >= 0.6 is 31.9 Å². The van der Waals surface area contributed by atoms with Crippen LogP contribution in [0.1, 0.15) is 22.7 Å². The SMILES string of the molecule is CNC(c1cc(C)cc(Br)c1)c1cc(Br)c(F)cc1OC. The van der Waals surface area contributed by atoms with E-state index >= 15 is 0 Å². The lowest BCUT2D eigenvalue weighted by molar-refractivity contribution is 0.401. The second-order valence-corrected chi connectivity index (χ2v) is 6.56. The minimum atomic E-state index is -0.337. The topological polar surface area (TPSA) is 21.3 Å². The monoisotopic (exact) mass is 415 g/mol. The molecule has 0 bridgehead atoms. The molecule has 0 aliphatic carbocycles. The van der Waals surface area contributed by atoms with E-state index in [-0.39, 0.29) is 11.9 Å². The van der Waals surface area contributed by atoms with Crippen LogP contribution in [-0.4, -0.2) is 14.2 Å². The quantitative estimate of drug-likeness (QED) is 0.759. The van der Waals surface area contributed by atoms with Gasteiger partial charge in [-0.1, -0.05) is 22.0 Å². The standard InChI is InChI=1S/C16H16Br2FNO/c1-9-4-10(6-11(17)5-9)16(20-2)12-7-13(18)14(19)8-15(12)21-3/h4-8,16,20H,1-3H3. The molecule has 2 rings (SSSR count). The molecular formula is C16H16Br2FNO. The van der Waals surface area contributed by atoms with Gasteiger partial charge in [0.1, 0.15) is 11.6 Å². The van der Waals surface area contributed by atoms with Gasteiger partial charge in [0.15, 0.2) is 0 Å². The Bertz CT molecular complexity index is 641. The van der Waals surface area contributed by atoms with Crippen molar-refractivity contribution in [3.05, 3.63) is 61.8 Å². The molecule has 2 nitrogen and oxygen atoms in total. The van der Waals surface area contributed by atoms with E-state index in [4.69, 9.17) is 4.74 Å². The zero-order valence-corrected chi connectivity index (χ0v) is 15.2. The highest BCUT2D eigenvalue weighted by Crippen LogP contribution is 2.35. The largest absolute Gasteiger partial charge is 0.496 e. The van der Waals surface area contributed by atoms with E-state index in [0.717, 1.165) is 21.2 Å². The smallest absolute Gasteiger partial charge is 0.141 e. The lowest BCUT2D eigenvalue weighted by atomic mass is 9.96. The van der Waals surface area contributed by atoms with E-state index < -0.39 is 0 Å². The maximum absolute atomic E-state index is 13.7. The first-order valence-electron chi connectivity index (χ1n) is 6.43. The van der Waals surface area contributed by atoms with E-state index in [1.165, 1.54) is 6.07 Å². The van der Waals surface area contributed by atoms with Crippen LogP contribution in [0.2, 0.25) is 0 Å². The molecule has 0 heterocycles. The predicted octanol–water partition coefficient (Wildman–Crippen LogP) is 4.98. The first-order valence-corrected chi connectivity index (χ1v) is 8.02. The van der Waals surface area contributed by atoms with Gasteiger partial charge in [0.25, 0.3) is 0 Å². The van der Waals surface area contributed by atoms with Crippen molar-refractivity contribution in [3.8, 4) is 5.75 Å². The van der Waals surface area contributed by atoms with Crippen molar-refractivity contribution in [2.45, 2.75) is 13.0 Å². The molecule has 0 aromatic heterocycles.